The normalized spacial score (nSPS) is 11.8. The molecule has 0 aliphatic heterocycles. The number of halogens is 1. The van der Waals surface area contributed by atoms with E-state index in [0.29, 0.717) is 52.1 Å². The molecule has 0 saturated heterocycles. The molecule has 19 heteroatoms. The Kier molecular flexibility index (Phi) is 34.8. The molecule has 0 aliphatic rings. The van der Waals surface area contributed by atoms with Gasteiger partial charge in [0.15, 0.2) is 0 Å². The van der Waals surface area contributed by atoms with Crippen LogP contribution in [0.1, 0.15) is 54.0 Å². The van der Waals surface area contributed by atoms with Crippen molar-refractivity contribution in [3.05, 3.63) is 42.1 Å². The smallest absolute Gasteiger partial charge is 0.373 e. The molecule has 1 rings (SSSR count). The van der Waals surface area contributed by atoms with Gasteiger partial charge in [-0.25, -0.2) is 0 Å². The minimum absolute atomic E-state index is 0.502. The average molecular weight is 798 g/mol. The molecule has 1 aromatic carbocycles. The Balaban J connectivity index is -0.000000585. The minimum Gasteiger partial charge on any atom is -0.373 e. The third-order valence-corrected chi connectivity index (χ3v) is 15.9. The number of hydrogen-bond donors (Lipinski definition) is 0. The zero-order chi connectivity index (χ0) is 38.2. The molecule has 0 aliphatic carbocycles. The van der Waals surface area contributed by atoms with Gasteiger partial charge in [-0.05, 0) is 59.7 Å². The average Bonchev–Trinajstić information content (AvgIpc) is 3.12. The largest absolute Gasteiger partial charge is 0.679 e. The van der Waals surface area contributed by atoms with Gasteiger partial charge in [0.05, 0.1) is 0 Å². The highest BCUT2D eigenvalue weighted by molar-refractivity contribution is 6.75. The molecule has 0 aromatic heterocycles. The van der Waals surface area contributed by atoms with Crippen LogP contribution >= 0.6 is 11.6 Å². The molecule has 0 N–H and O–H groups in total. The van der Waals surface area contributed by atoms with Gasteiger partial charge in [-0.3, -0.25) is 0 Å². The van der Waals surface area contributed by atoms with Crippen LogP contribution in [0.25, 0.3) is 0 Å². The van der Waals surface area contributed by atoms with Crippen molar-refractivity contribution < 1.29 is 62.0 Å². The Morgan fingerprint density at radius 1 is 0.490 bits per heavy atom. The summed E-state index contributed by atoms with van der Waals surface area (Å²) in [6, 6.07) is 7.75. The molecular formula is C30H65ClO14Si4. The molecule has 0 radical (unpaired) electrons. The predicted octanol–water partition coefficient (Wildman–Crippen LogP) is 4.85. The second-order valence-corrected chi connectivity index (χ2v) is 19.1. The fraction of sp³-hybridized carbons (Fsp3) is 0.733. The summed E-state index contributed by atoms with van der Waals surface area (Å²) in [6.07, 6.45) is 0. The Morgan fingerprint density at radius 3 is 0.980 bits per heavy atom. The van der Waals surface area contributed by atoms with Crippen LogP contribution in [0.3, 0.4) is 0 Å². The van der Waals surface area contributed by atoms with Crippen LogP contribution in [-0.4, -0.2) is 132 Å². The van der Waals surface area contributed by atoms with E-state index >= 15 is 0 Å². The lowest BCUT2D eigenvalue weighted by atomic mass is 10.2. The first-order valence-electron chi connectivity index (χ1n) is 16.1. The maximum Gasteiger partial charge on any atom is 0.679 e. The SMILES string of the molecule is C=C[Si](OCC)(OCC)OCC.CCO[Si](OCC)(OCC)OCC.CO[Si](OC)(OC)OC.CO[Si](OC)(OC)c1ccc(CCl)cc1. The van der Waals surface area contributed by atoms with E-state index in [4.69, 9.17) is 73.6 Å². The van der Waals surface area contributed by atoms with Crippen LogP contribution in [0, 0.1) is 0 Å². The fourth-order valence-electron chi connectivity index (χ4n) is 3.76. The van der Waals surface area contributed by atoms with Crippen molar-refractivity contribution in [1.29, 1.82) is 0 Å². The predicted molar refractivity (Wildman–Crippen MR) is 199 cm³/mol. The van der Waals surface area contributed by atoms with Gasteiger partial charge in [-0.1, -0.05) is 30.8 Å². The van der Waals surface area contributed by atoms with Crippen molar-refractivity contribution in [2.75, 3.05) is 96.0 Å². The summed E-state index contributed by atoms with van der Waals surface area (Å²) in [4.78, 5) is 0. The molecule has 0 fully saturated rings. The fourth-order valence-corrected chi connectivity index (χ4v) is 10.4. The Hall–Kier alpha value is -0.442. The number of benzene rings is 1. The Morgan fingerprint density at radius 2 is 0.796 bits per heavy atom. The van der Waals surface area contributed by atoms with E-state index in [2.05, 4.69) is 6.58 Å². The van der Waals surface area contributed by atoms with E-state index in [9.17, 15) is 0 Å². The summed E-state index contributed by atoms with van der Waals surface area (Å²) in [7, 11) is 0.0663. The van der Waals surface area contributed by atoms with Crippen LogP contribution < -0.4 is 5.19 Å². The standard InChI is InChI=1S/C10H15ClO3Si.C8H20O4Si.C8H18O3Si.C4H12O4Si/c1-12-15(13-2,14-3)10-6-4-9(8-11)5-7-10;1-5-9-13(10-6-2,11-7-3)12-8-4;1-5-9-12(8-4,10-6-2)11-7-3;1-5-9(6-2,7-3)8-4/h4-7H,8H2,1-3H3;5-8H2,1-4H3;8H,4-7H2,1-3H3;1-4H3. The summed E-state index contributed by atoms with van der Waals surface area (Å²) in [5.41, 5.74) is 2.73. The summed E-state index contributed by atoms with van der Waals surface area (Å²) in [5, 5.41) is 0.934. The zero-order valence-corrected chi connectivity index (χ0v) is 37.1. The Labute approximate surface area is 306 Å². The second-order valence-electron chi connectivity index (χ2n) is 8.65. The monoisotopic (exact) mass is 796 g/mol. The lowest BCUT2D eigenvalue weighted by molar-refractivity contribution is -0.0247. The first-order valence-corrected chi connectivity index (χ1v) is 23.4. The lowest BCUT2D eigenvalue weighted by Crippen LogP contribution is -2.54. The first-order chi connectivity index (χ1) is 23.4. The van der Waals surface area contributed by atoms with Gasteiger partial charge in [0.2, 0.25) is 0 Å². The van der Waals surface area contributed by atoms with Crippen molar-refractivity contribution in [2.45, 2.75) is 54.3 Å². The van der Waals surface area contributed by atoms with E-state index in [0.717, 1.165) is 10.8 Å². The highest BCUT2D eigenvalue weighted by atomic mass is 35.5. The number of rotatable bonds is 24. The number of hydrogen-bond acceptors (Lipinski definition) is 14. The zero-order valence-electron chi connectivity index (χ0n) is 32.3. The molecule has 14 nitrogen and oxygen atoms in total. The lowest BCUT2D eigenvalue weighted by Gasteiger charge is -2.26. The van der Waals surface area contributed by atoms with Gasteiger partial charge < -0.3 is 62.0 Å². The Bertz CT molecular complexity index is 812. The summed E-state index contributed by atoms with van der Waals surface area (Å²) < 4.78 is 73.5. The highest BCUT2D eigenvalue weighted by Crippen LogP contribution is 2.12. The second kappa shape index (κ2) is 32.2. The van der Waals surface area contributed by atoms with Crippen LogP contribution in [0.15, 0.2) is 36.5 Å². The van der Waals surface area contributed by atoms with Gasteiger partial charge >= 0.3 is 35.7 Å². The third kappa shape index (κ3) is 20.4. The first kappa shape index (κ1) is 52.9. The van der Waals surface area contributed by atoms with Crippen molar-refractivity contribution in [3.8, 4) is 0 Å². The van der Waals surface area contributed by atoms with E-state index in [1.807, 2.05) is 72.7 Å². The van der Waals surface area contributed by atoms with E-state index in [-0.39, 0.29) is 0 Å². The van der Waals surface area contributed by atoms with Gasteiger partial charge in [0, 0.05) is 107 Å². The molecule has 0 heterocycles. The van der Waals surface area contributed by atoms with Gasteiger partial charge in [-0.15, -0.1) is 11.6 Å². The maximum atomic E-state index is 5.71. The molecule has 0 bridgehead atoms. The highest BCUT2D eigenvalue weighted by Gasteiger charge is 2.44. The molecule has 0 atom stereocenters. The van der Waals surface area contributed by atoms with E-state index in [1.165, 1.54) is 28.4 Å². The van der Waals surface area contributed by atoms with Crippen LogP contribution in [0.4, 0.5) is 0 Å². The van der Waals surface area contributed by atoms with Gasteiger partial charge in [-0.2, -0.15) is 0 Å². The van der Waals surface area contributed by atoms with Crippen molar-refractivity contribution in [3.63, 3.8) is 0 Å². The van der Waals surface area contributed by atoms with E-state index < -0.39 is 35.7 Å². The van der Waals surface area contributed by atoms with Crippen molar-refractivity contribution >= 4 is 52.5 Å². The molecule has 49 heavy (non-hydrogen) atoms. The molecular weight excluding hydrogens is 732 g/mol. The topological polar surface area (TPSA) is 129 Å². The molecule has 0 spiro atoms. The van der Waals surface area contributed by atoms with Crippen LogP contribution in [-0.2, 0) is 67.8 Å². The van der Waals surface area contributed by atoms with Crippen molar-refractivity contribution in [2.24, 2.45) is 0 Å². The number of alkyl halides is 1. The van der Waals surface area contributed by atoms with Crippen molar-refractivity contribution in [1.82, 2.24) is 0 Å². The van der Waals surface area contributed by atoms with Crippen LogP contribution in [0.5, 0.6) is 0 Å². The molecule has 1 aromatic rings. The maximum absolute atomic E-state index is 5.71. The van der Waals surface area contributed by atoms with E-state index in [1.54, 1.807) is 27.0 Å². The quantitative estimate of drug-likeness (QED) is 0.105. The van der Waals surface area contributed by atoms with Crippen LogP contribution in [0.2, 0.25) is 0 Å². The summed E-state index contributed by atoms with van der Waals surface area (Å²) >= 11 is 5.71. The minimum atomic E-state index is -2.80. The van der Waals surface area contributed by atoms with Gasteiger partial charge in [0.25, 0.3) is 0 Å². The summed E-state index contributed by atoms with van der Waals surface area (Å²) in [5.74, 6) is 0.502. The molecule has 0 unspecified atom stereocenters. The summed E-state index contributed by atoms with van der Waals surface area (Å²) in [6.45, 7) is 21.0. The van der Waals surface area contributed by atoms with Gasteiger partial charge in [0.1, 0.15) is 0 Å². The molecule has 0 saturated carbocycles. The third-order valence-electron chi connectivity index (χ3n) is 5.84. The molecule has 292 valence electrons. The molecule has 0 amide bonds.